The van der Waals surface area contributed by atoms with E-state index in [1.54, 1.807) is 0 Å². The maximum atomic E-state index is 8.73. The minimum Gasteiger partial charge on any atom is -0.367 e. The Bertz CT molecular complexity index is 235. The number of morpholine rings is 1. The molecule has 0 aromatic carbocycles. The van der Waals surface area contributed by atoms with Gasteiger partial charge in [0.2, 0.25) is 0 Å². The highest BCUT2D eigenvalue weighted by Crippen LogP contribution is 2.15. The highest BCUT2D eigenvalue weighted by molar-refractivity contribution is 4.85. The summed E-state index contributed by atoms with van der Waals surface area (Å²) in [6.07, 6.45) is 0.467. The van der Waals surface area contributed by atoms with E-state index < -0.39 is 0 Å². The van der Waals surface area contributed by atoms with Crippen molar-refractivity contribution in [1.29, 1.82) is 5.26 Å². The van der Waals surface area contributed by atoms with Crippen molar-refractivity contribution in [2.24, 2.45) is 0 Å². The number of hydrogen-bond donors (Lipinski definition) is 1. The summed E-state index contributed by atoms with van der Waals surface area (Å²) in [5, 5.41) is 12.0. The molecule has 0 radical (unpaired) electrons. The molecule has 1 fully saturated rings. The van der Waals surface area contributed by atoms with E-state index in [2.05, 4.69) is 11.4 Å². The third-order valence-electron chi connectivity index (χ3n) is 2.41. The number of nitriles is 1. The lowest BCUT2D eigenvalue weighted by molar-refractivity contribution is -0.125. The second-order valence-corrected chi connectivity index (χ2v) is 4.49. The lowest BCUT2D eigenvalue weighted by Gasteiger charge is -2.36. The Hall–Kier alpha value is -0.630. The molecule has 1 heterocycles. The van der Waals surface area contributed by atoms with Crippen molar-refractivity contribution in [3.63, 3.8) is 0 Å². The van der Waals surface area contributed by atoms with Gasteiger partial charge in [-0.1, -0.05) is 6.92 Å². The van der Waals surface area contributed by atoms with Gasteiger partial charge in [0, 0.05) is 13.1 Å². The summed E-state index contributed by atoms with van der Waals surface area (Å²) in [5.74, 6) is 0. The average molecular weight is 212 g/mol. The van der Waals surface area contributed by atoms with Crippen molar-refractivity contribution in [3.05, 3.63) is 0 Å². The quantitative estimate of drug-likeness (QED) is 0.757. The highest BCUT2D eigenvalue weighted by atomic mass is 16.6. The van der Waals surface area contributed by atoms with Crippen LogP contribution in [0.25, 0.3) is 0 Å². The summed E-state index contributed by atoms with van der Waals surface area (Å²) in [7, 11) is 0. The van der Waals surface area contributed by atoms with E-state index in [1.165, 1.54) is 0 Å². The first kappa shape index (κ1) is 12.4. The van der Waals surface area contributed by atoms with Gasteiger partial charge in [-0.05, 0) is 20.3 Å². The van der Waals surface area contributed by atoms with Gasteiger partial charge in [0.1, 0.15) is 6.10 Å². The molecule has 0 aromatic heterocycles. The molecule has 86 valence electrons. The monoisotopic (exact) mass is 212 g/mol. The molecule has 15 heavy (non-hydrogen) atoms. The van der Waals surface area contributed by atoms with Crippen molar-refractivity contribution in [3.8, 4) is 6.07 Å². The fourth-order valence-electron chi connectivity index (χ4n) is 1.63. The molecular formula is C11H20N2O2. The van der Waals surface area contributed by atoms with E-state index in [4.69, 9.17) is 14.7 Å². The Morgan fingerprint density at radius 3 is 2.93 bits per heavy atom. The van der Waals surface area contributed by atoms with Crippen LogP contribution in [0.3, 0.4) is 0 Å². The van der Waals surface area contributed by atoms with Crippen molar-refractivity contribution >= 4 is 0 Å². The van der Waals surface area contributed by atoms with Gasteiger partial charge in [0.25, 0.3) is 0 Å². The van der Waals surface area contributed by atoms with Gasteiger partial charge in [0.05, 0.1) is 24.4 Å². The number of nitrogens with one attached hydrogen (secondary N) is 1. The van der Waals surface area contributed by atoms with E-state index >= 15 is 0 Å². The smallest absolute Gasteiger partial charge is 0.143 e. The highest BCUT2D eigenvalue weighted by Gasteiger charge is 2.28. The van der Waals surface area contributed by atoms with Crippen LogP contribution in [0.15, 0.2) is 0 Å². The largest absolute Gasteiger partial charge is 0.367 e. The number of ether oxygens (including phenoxy) is 2. The minimum absolute atomic E-state index is 0.0520. The van der Waals surface area contributed by atoms with Crippen molar-refractivity contribution in [1.82, 2.24) is 5.32 Å². The fraction of sp³-hybridized carbons (Fsp3) is 0.909. The zero-order chi connectivity index (χ0) is 11.3. The average Bonchev–Trinajstić information content (AvgIpc) is 2.18. The van der Waals surface area contributed by atoms with Crippen LogP contribution in [-0.2, 0) is 9.47 Å². The number of rotatable bonds is 4. The number of nitrogens with zero attached hydrogens (tertiary/aromatic N) is 1. The van der Waals surface area contributed by atoms with E-state index in [1.807, 2.05) is 20.8 Å². The third-order valence-corrected chi connectivity index (χ3v) is 2.41. The van der Waals surface area contributed by atoms with E-state index in [9.17, 15) is 0 Å². The zero-order valence-electron chi connectivity index (χ0n) is 9.75. The summed E-state index contributed by atoms with van der Waals surface area (Å²) >= 11 is 0. The van der Waals surface area contributed by atoms with Crippen LogP contribution in [0.2, 0.25) is 0 Å². The lowest BCUT2D eigenvalue weighted by Crippen LogP contribution is -2.52. The molecule has 0 saturated carbocycles. The fourth-order valence-corrected chi connectivity index (χ4v) is 1.63. The first-order chi connectivity index (χ1) is 7.07. The maximum Gasteiger partial charge on any atom is 0.143 e. The lowest BCUT2D eigenvalue weighted by atomic mass is 10.1. The van der Waals surface area contributed by atoms with Crippen LogP contribution in [0.5, 0.6) is 0 Å². The summed E-state index contributed by atoms with van der Waals surface area (Å²) < 4.78 is 11.3. The Morgan fingerprint density at radius 1 is 1.67 bits per heavy atom. The molecule has 0 bridgehead atoms. The van der Waals surface area contributed by atoms with E-state index in [0.717, 1.165) is 19.5 Å². The molecule has 4 heteroatoms. The predicted octanol–water partition coefficient (Wildman–Crippen LogP) is 1.07. The molecule has 2 unspecified atom stereocenters. The number of hydrogen-bond acceptors (Lipinski definition) is 4. The van der Waals surface area contributed by atoms with Crippen molar-refractivity contribution in [2.75, 3.05) is 19.7 Å². The van der Waals surface area contributed by atoms with Gasteiger partial charge in [0.15, 0.2) is 0 Å². The Kier molecular flexibility index (Phi) is 4.52. The molecular weight excluding hydrogens is 192 g/mol. The van der Waals surface area contributed by atoms with Gasteiger partial charge in [-0.2, -0.15) is 5.26 Å². The molecule has 0 aliphatic carbocycles. The molecule has 4 nitrogen and oxygen atoms in total. The summed E-state index contributed by atoms with van der Waals surface area (Å²) in [4.78, 5) is 0. The molecule has 1 N–H and O–H groups in total. The topological polar surface area (TPSA) is 54.3 Å². The molecule has 1 rings (SSSR count). The maximum absolute atomic E-state index is 8.73. The molecule has 1 saturated heterocycles. The van der Waals surface area contributed by atoms with Crippen molar-refractivity contribution < 1.29 is 9.47 Å². The van der Waals surface area contributed by atoms with Crippen LogP contribution < -0.4 is 5.32 Å². The Balaban J connectivity index is 2.30. The zero-order valence-corrected chi connectivity index (χ0v) is 9.75. The molecule has 1 aliphatic rings. The van der Waals surface area contributed by atoms with Gasteiger partial charge in [-0.25, -0.2) is 0 Å². The molecule has 1 aliphatic heterocycles. The molecule has 0 spiro atoms. The van der Waals surface area contributed by atoms with E-state index in [0.29, 0.717) is 6.61 Å². The van der Waals surface area contributed by atoms with Gasteiger partial charge < -0.3 is 14.8 Å². The summed E-state index contributed by atoms with van der Waals surface area (Å²) in [6.45, 7) is 8.19. The van der Waals surface area contributed by atoms with Crippen LogP contribution >= 0.6 is 0 Å². The normalized spacial score (nSPS) is 26.9. The van der Waals surface area contributed by atoms with Gasteiger partial charge in [-0.3, -0.25) is 0 Å². The minimum atomic E-state index is -0.307. The van der Waals surface area contributed by atoms with Gasteiger partial charge >= 0.3 is 0 Å². The SMILES string of the molecule is CCC(C#N)OCC1CNCC(C)(C)O1. The molecule has 0 amide bonds. The Labute approximate surface area is 91.6 Å². The first-order valence-corrected chi connectivity index (χ1v) is 5.47. The van der Waals surface area contributed by atoms with Crippen molar-refractivity contribution in [2.45, 2.75) is 45.0 Å². The second-order valence-electron chi connectivity index (χ2n) is 4.49. The van der Waals surface area contributed by atoms with Crippen LogP contribution in [-0.4, -0.2) is 37.5 Å². The van der Waals surface area contributed by atoms with Crippen LogP contribution in [0.4, 0.5) is 0 Å². The second kappa shape index (κ2) is 5.45. The van der Waals surface area contributed by atoms with Crippen LogP contribution in [0, 0.1) is 11.3 Å². The molecule has 0 aromatic rings. The summed E-state index contributed by atoms with van der Waals surface area (Å²) in [5.41, 5.74) is -0.138. The van der Waals surface area contributed by atoms with Crippen LogP contribution in [0.1, 0.15) is 27.2 Å². The molecule has 2 atom stereocenters. The predicted molar refractivity (Wildman–Crippen MR) is 57.5 cm³/mol. The first-order valence-electron chi connectivity index (χ1n) is 5.47. The third kappa shape index (κ3) is 4.17. The van der Waals surface area contributed by atoms with Gasteiger partial charge in [-0.15, -0.1) is 0 Å². The Morgan fingerprint density at radius 2 is 2.40 bits per heavy atom. The van der Waals surface area contributed by atoms with E-state index in [-0.39, 0.29) is 17.8 Å². The summed E-state index contributed by atoms with van der Waals surface area (Å²) in [6, 6.07) is 2.11. The standard InChI is InChI=1S/C11H20N2O2/c1-4-9(5-12)14-7-10-6-13-8-11(2,3)15-10/h9-10,13H,4,6-8H2,1-3H3.